The minimum Gasteiger partial charge on any atom is -0.399 e. The highest BCUT2D eigenvalue weighted by Crippen LogP contribution is 2.36. The summed E-state index contributed by atoms with van der Waals surface area (Å²) in [5.41, 5.74) is 4.67. The van der Waals surface area contributed by atoms with Crippen LogP contribution in [0.2, 0.25) is 0 Å². The van der Waals surface area contributed by atoms with E-state index in [0.29, 0.717) is 12.8 Å². The first-order valence-electron chi connectivity index (χ1n) is 5.72. The summed E-state index contributed by atoms with van der Waals surface area (Å²) in [7, 11) is 0. The molecule has 0 amide bonds. The molecule has 0 saturated carbocycles. The van der Waals surface area contributed by atoms with Crippen LogP contribution >= 0.6 is 0 Å². The van der Waals surface area contributed by atoms with Gasteiger partial charge in [0.15, 0.2) is 0 Å². The highest BCUT2D eigenvalue weighted by molar-refractivity contribution is 5.59. The van der Waals surface area contributed by atoms with Crippen LogP contribution in [0.15, 0.2) is 18.2 Å². The fraction of sp³-hybridized carbons (Fsp3) is 0.500. The maximum Gasteiger partial charge on any atom is 0.418 e. The molecule has 0 radical (unpaired) electrons. The summed E-state index contributed by atoms with van der Waals surface area (Å²) in [6.45, 7) is 1.78. The zero-order valence-corrected chi connectivity index (χ0v) is 10.1. The van der Waals surface area contributed by atoms with Crippen LogP contribution in [0.3, 0.4) is 0 Å². The Morgan fingerprint density at radius 2 is 2.06 bits per heavy atom. The van der Waals surface area contributed by atoms with Gasteiger partial charge in [-0.15, -0.1) is 0 Å². The molecule has 0 aliphatic heterocycles. The van der Waals surface area contributed by atoms with Crippen molar-refractivity contribution in [1.82, 2.24) is 0 Å². The van der Waals surface area contributed by atoms with Gasteiger partial charge in [-0.2, -0.15) is 13.2 Å². The molecular weight excluding hydrogens is 245 g/mol. The number of benzene rings is 1. The molecule has 102 valence electrons. The average Bonchev–Trinajstić information content (AvgIpc) is 2.29. The van der Waals surface area contributed by atoms with Crippen LogP contribution in [0.5, 0.6) is 0 Å². The molecule has 0 bridgehead atoms. The predicted octanol–water partition coefficient (Wildman–Crippen LogP) is 2.86. The highest BCUT2D eigenvalue weighted by atomic mass is 19.4. The number of rotatable bonds is 5. The summed E-state index contributed by atoms with van der Waals surface area (Å²) < 4.78 is 38.5. The molecule has 1 atom stereocenters. The van der Waals surface area contributed by atoms with Crippen LogP contribution in [-0.2, 0) is 6.18 Å². The Morgan fingerprint density at radius 3 is 2.56 bits per heavy atom. The minimum absolute atomic E-state index is 0.00278. The number of alkyl halides is 3. The van der Waals surface area contributed by atoms with Crippen LogP contribution in [0.25, 0.3) is 0 Å². The standard InChI is InChI=1S/C12H17F3N2O/c1-2-9(5-6-18)17-11-4-3-8(16)7-10(11)12(13,14)15/h3-4,7,9,17-18H,2,5-6,16H2,1H3. The van der Waals surface area contributed by atoms with Gasteiger partial charge in [-0.1, -0.05) is 6.92 Å². The van der Waals surface area contributed by atoms with Gasteiger partial charge in [0, 0.05) is 24.0 Å². The molecule has 0 saturated heterocycles. The average molecular weight is 262 g/mol. The van der Waals surface area contributed by atoms with Crippen LogP contribution < -0.4 is 11.1 Å². The molecule has 6 heteroatoms. The lowest BCUT2D eigenvalue weighted by Crippen LogP contribution is -2.22. The Balaban J connectivity index is 3.01. The van der Waals surface area contributed by atoms with Crippen LogP contribution in [0.1, 0.15) is 25.3 Å². The number of nitrogens with one attached hydrogen (secondary N) is 1. The van der Waals surface area contributed by atoms with Gasteiger partial charge in [-0.05, 0) is 31.0 Å². The second-order valence-electron chi connectivity index (χ2n) is 4.06. The van der Waals surface area contributed by atoms with Crippen molar-refractivity contribution in [3.05, 3.63) is 23.8 Å². The lowest BCUT2D eigenvalue weighted by Gasteiger charge is -2.21. The zero-order chi connectivity index (χ0) is 13.8. The summed E-state index contributed by atoms with van der Waals surface area (Å²) in [5, 5.41) is 11.6. The van der Waals surface area contributed by atoms with Crippen molar-refractivity contribution >= 4 is 11.4 Å². The van der Waals surface area contributed by atoms with E-state index in [-0.39, 0.29) is 24.0 Å². The summed E-state index contributed by atoms with van der Waals surface area (Å²) >= 11 is 0. The van der Waals surface area contributed by atoms with E-state index in [1.54, 1.807) is 0 Å². The Kier molecular flexibility index (Phi) is 4.84. The number of anilines is 2. The third kappa shape index (κ3) is 3.80. The second kappa shape index (κ2) is 5.95. The first-order valence-corrected chi connectivity index (χ1v) is 5.72. The van der Waals surface area contributed by atoms with Crippen molar-refractivity contribution in [2.45, 2.75) is 32.0 Å². The van der Waals surface area contributed by atoms with Gasteiger partial charge >= 0.3 is 6.18 Å². The molecule has 1 aromatic rings. The van der Waals surface area contributed by atoms with Gasteiger partial charge in [0.1, 0.15) is 0 Å². The van der Waals surface area contributed by atoms with Gasteiger partial charge in [0.25, 0.3) is 0 Å². The molecule has 3 nitrogen and oxygen atoms in total. The van der Waals surface area contributed by atoms with Gasteiger partial charge in [-0.25, -0.2) is 0 Å². The molecule has 0 aliphatic carbocycles. The summed E-state index contributed by atoms with van der Waals surface area (Å²) in [4.78, 5) is 0. The molecule has 0 heterocycles. The second-order valence-corrected chi connectivity index (χ2v) is 4.06. The number of nitrogen functional groups attached to an aromatic ring is 1. The lowest BCUT2D eigenvalue weighted by molar-refractivity contribution is -0.136. The Labute approximate surface area is 104 Å². The van der Waals surface area contributed by atoms with Gasteiger partial charge in [0.05, 0.1) is 5.56 Å². The van der Waals surface area contributed by atoms with Gasteiger partial charge in [-0.3, -0.25) is 0 Å². The van der Waals surface area contributed by atoms with Crippen molar-refractivity contribution in [2.24, 2.45) is 0 Å². The summed E-state index contributed by atoms with van der Waals surface area (Å²) in [6, 6.07) is 3.45. The van der Waals surface area contributed by atoms with Gasteiger partial charge < -0.3 is 16.2 Å². The molecule has 18 heavy (non-hydrogen) atoms. The first-order chi connectivity index (χ1) is 8.38. The van der Waals surface area contributed by atoms with Crippen molar-refractivity contribution in [2.75, 3.05) is 17.7 Å². The molecule has 1 rings (SSSR count). The molecule has 0 fully saturated rings. The third-order valence-electron chi connectivity index (χ3n) is 2.68. The molecular formula is C12H17F3N2O. The highest BCUT2D eigenvalue weighted by Gasteiger charge is 2.34. The summed E-state index contributed by atoms with van der Waals surface area (Å²) in [5.74, 6) is 0. The van der Waals surface area contributed by atoms with E-state index >= 15 is 0 Å². The first kappa shape index (κ1) is 14.6. The molecule has 4 N–H and O–H groups in total. The Bertz CT molecular complexity index is 393. The monoisotopic (exact) mass is 262 g/mol. The topological polar surface area (TPSA) is 58.3 Å². The van der Waals surface area contributed by atoms with Crippen molar-refractivity contribution in [1.29, 1.82) is 0 Å². The maximum atomic E-state index is 12.8. The van der Waals surface area contributed by atoms with Crippen LogP contribution in [-0.4, -0.2) is 17.8 Å². The van der Waals surface area contributed by atoms with Crippen molar-refractivity contribution < 1.29 is 18.3 Å². The summed E-state index contributed by atoms with van der Waals surface area (Å²) in [6.07, 6.45) is -3.42. The van der Waals surface area contributed by atoms with Crippen molar-refractivity contribution in [3.63, 3.8) is 0 Å². The van der Waals surface area contributed by atoms with E-state index in [1.165, 1.54) is 12.1 Å². The van der Waals surface area contributed by atoms with E-state index in [0.717, 1.165) is 6.07 Å². The lowest BCUT2D eigenvalue weighted by atomic mass is 10.1. The fourth-order valence-corrected chi connectivity index (χ4v) is 1.68. The molecule has 0 aromatic heterocycles. The number of aliphatic hydroxyl groups excluding tert-OH is 1. The normalized spacial score (nSPS) is 13.4. The zero-order valence-electron chi connectivity index (χ0n) is 10.1. The van der Waals surface area contributed by atoms with E-state index in [9.17, 15) is 13.2 Å². The van der Waals surface area contributed by atoms with Gasteiger partial charge in [0.2, 0.25) is 0 Å². The number of nitrogens with two attached hydrogens (primary N) is 1. The van der Waals surface area contributed by atoms with Crippen molar-refractivity contribution in [3.8, 4) is 0 Å². The Hall–Kier alpha value is -1.43. The van der Waals surface area contributed by atoms with E-state index in [1.807, 2.05) is 6.92 Å². The van der Waals surface area contributed by atoms with Crippen LogP contribution in [0.4, 0.5) is 24.5 Å². The van der Waals surface area contributed by atoms with Crippen LogP contribution in [0, 0.1) is 0 Å². The van der Waals surface area contributed by atoms with E-state index in [2.05, 4.69) is 5.32 Å². The molecule has 1 unspecified atom stereocenters. The minimum atomic E-state index is -4.45. The maximum absolute atomic E-state index is 12.8. The number of hydrogen-bond donors (Lipinski definition) is 3. The van der Waals surface area contributed by atoms with E-state index in [4.69, 9.17) is 10.8 Å². The fourth-order valence-electron chi connectivity index (χ4n) is 1.68. The molecule has 0 spiro atoms. The SMILES string of the molecule is CCC(CCO)Nc1ccc(N)cc1C(F)(F)F. The van der Waals surface area contributed by atoms with E-state index < -0.39 is 11.7 Å². The smallest absolute Gasteiger partial charge is 0.399 e. The quantitative estimate of drug-likeness (QED) is 0.715. The Morgan fingerprint density at radius 1 is 1.39 bits per heavy atom. The number of halogens is 3. The largest absolute Gasteiger partial charge is 0.418 e. The third-order valence-corrected chi connectivity index (χ3v) is 2.68. The number of hydrogen-bond acceptors (Lipinski definition) is 3. The predicted molar refractivity (Wildman–Crippen MR) is 65.3 cm³/mol. The molecule has 1 aromatic carbocycles. The molecule has 0 aliphatic rings. The number of aliphatic hydroxyl groups is 1.